The van der Waals surface area contributed by atoms with Crippen LogP contribution in [0.25, 0.3) is 11.4 Å². The van der Waals surface area contributed by atoms with E-state index in [1.807, 2.05) is 6.07 Å². The Morgan fingerprint density at radius 3 is 2.59 bits per heavy atom. The molecule has 9 nitrogen and oxygen atoms in total. The molecule has 0 aliphatic heterocycles. The van der Waals surface area contributed by atoms with Crippen LogP contribution in [0.3, 0.4) is 0 Å². The Balaban J connectivity index is 1.33. The van der Waals surface area contributed by atoms with Crippen molar-refractivity contribution in [2.24, 2.45) is 0 Å². The number of rotatable bonds is 7. The minimum Gasteiger partial charge on any atom is -0.494 e. The Morgan fingerprint density at radius 1 is 1.16 bits per heavy atom. The Labute approximate surface area is 211 Å². The number of amides is 2. The molecule has 0 radical (unpaired) electrons. The number of ether oxygens (including phenoxy) is 2. The molecule has 3 N–H and O–H groups in total. The highest BCUT2D eigenvalue weighted by Crippen LogP contribution is 2.38. The molecule has 1 aliphatic rings. The first kappa shape index (κ1) is 26.1. The van der Waals surface area contributed by atoms with Crippen molar-refractivity contribution in [1.82, 2.24) is 20.3 Å². The lowest BCUT2D eigenvalue weighted by Gasteiger charge is -2.29. The number of aromatic nitrogens is 3. The van der Waals surface area contributed by atoms with Crippen molar-refractivity contribution in [1.29, 1.82) is 0 Å². The van der Waals surface area contributed by atoms with Gasteiger partial charge in [-0.3, -0.25) is 4.98 Å². The molecule has 1 saturated carbocycles. The van der Waals surface area contributed by atoms with Crippen molar-refractivity contribution >= 4 is 11.7 Å². The number of nitrogens with zero attached hydrogens (tertiary/aromatic N) is 3. The van der Waals surface area contributed by atoms with Gasteiger partial charge in [0.15, 0.2) is 5.82 Å². The summed E-state index contributed by atoms with van der Waals surface area (Å²) in [5, 5.41) is 14.7. The van der Waals surface area contributed by atoms with E-state index >= 15 is 0 Å². The van der Waals surface area contributed by atoms with E-state index < -0.39 is 24.4 Å². The van der Waals surface area contributed by atoms with Crippen LogP contribution >= 0.6 is 0 Å². The summed E-state index contributed by atoms with van der Waals surface area (Å²) in [6.45, 7) is -0.677. The van der Waals surface area contributed by atoms with Crippen molar-refractivity contribution < 1.29 is 32.5 Å². The lowest BCUT2D eigenvalue weighted by Crippen LogP contribution is -2.41. The number of pyridine rings is 1. The minimum atomic E-state index is -4.65. The number of urea groups is 1. The zero-order chi connectivity index (χ0) is 26.4. The maximum absolute atomic E-state index is 13.3. The van der Waals surface area contributed by atoms with E-state index in [-0.39, 0.29) is 29.1 Å². The average molecular weight is 518 g/mol. The first-order chi connectivity index (χ1) is 17.8. The number of halogens is 3. The van der Waals surface area contributed by atoms with Gasteiger partial charge >= 0.3 is 12.2 Å². The molecule has 2 heterocycles. The van der Waals surface area contributed by atoms with Crippen LogP contribution in [0.1, 0.15) is 36.8 Å². The van der Waals surface area contributed by atoms with E-state index in [0.717, 1.165) is 17.7 Å². The van der Waals surface area contributed by atoms with Gasteiger partial charge in [0.05, 0.1) is 25.0 Å². The zero-order valence-corrected chi connectivity index (χ0v) is 20.0. The van der Waals surface area contributed by atoms with Crippen LogP contribution in [-0.2, 0) is 12.8 Å². The van der Waals surface area contributed by atoms with E-state index in [4.69, 9.17) is 9.47 Å². The number of methoxy groups -OCH3 is 1. The fourth-order valence-corrected chi connectivity index (χ4v) is 4.19. The highest BCUT2D eigenvalue weighted by atomic mass is 19.4. The number of aliphatic hydroxyl groups is 1. The van der Waals surface area contributed by atoms with Crippen LogP contribution < -0.4 is 20.1 Å². The van der Waals surface area contributed by atoms with Gasteiger partial charge in [-0.25, -0.2) is 9.78 Å². The van der Waals surface area contributed by atoms with Gasteiger partial charge < -0.3 is 25.2 Å². The summed E-state index contributed by atoms with van der Waals surface area (Å²) in [5.74, 6) is 0.921. The molecular weight excluding hydrogens is 491 g/mol. The van der Waals surface area contributed by atoms with Crippen molar-refractivity contribution in [3.05, 3.63) is 60.0 Å². The molecule has 37 heavy (non-hydrogen) atoms. The molecule has 4 rings (SSSR count). The van der Waals surface area contributed by atoms with E-state index in [9.17, 15) is 23.1 Å². The number of aliphatic hydroxyl groups excluding tert-OH is 1. The van der Waals surface area contributed by atoms with Gasteiger partial charge in [-0.05, 0) is 49.9 Å². The summed E-state index contributed by atoms with van der Waals surface area (Å²) in [5.41, 5.74) is -0.483. The van der Waals surface area contributed by atoms with Crippen molar-refractivity contribution in [3.8, 4) is 23.0 Å². The van der Waals surface area contributed by atoms with Crippen LogP contribution in [0.15, 0.2) is 48.9 Å². The van der Waals surface area contributed by atoms with Gasteiger partial charge in [0.2, 0.25) is 5.88 Å². The molecule has 3 aromatic rings. The normalized spacial score (nSPS) is 17.6. The quantitative estimate of drug-likeness (QED) is 0.420. The second-order valence-electron chi connectivity index (χ2n) is 8.52. The number of nitrogens with one attached hydrogen (secondary N) is 2. The molecule has 2 aromatic heterocycles. The van der Waals surface area contributed by atoms with Gasteiger partial charge in [0.25, 0.3) is 0 Å². The fraction of sp³-hybridized carbons (Fsp3) is 0.360. The molecule has 0 unspecified atom stereocenters. The Hall–Kier alpha value is -3.93. The predicted molar refractivity (Wildman–Crippen MR) is 128 cm³/mol. The lowest BCUT2D eigenvalue weighted by atomic mass is 9.93. The van der Waals surface area contributed by atoms with Crippen LogP contribution in [0, 0.1) is 0 Å². The highest BCUT2D eigenvalue weighted by Gasteiger charge is 2.33. The number of anilines is 1. The topological polar surface area (TPSA) is 118 Å². The van der Waals surface area contributed by atoms with E-state index in [0.29, 0.717) is 37.4 Å². The smallest absolute Gasteiger partial charge is 0.416 e. The number of benzene rings is 1. The molecule has 196 valence electrons. The Bertz CT molecular complexity index is 1220. The van der Waals surface area contributed by atoms with Crippen molar-refractivity contribution in [3.63, 3.8) is 0 Å². The molecular formula is C25H26F3N5O4. The molecule has 1 aromatic carbocycles. The van der Waals surface area contributed by atoms with Crippen molar-refractivity contribution in [2.45, 2.75) is 50.6 Å². The number of carbonyl (C=O) groups is 1. The molecule has 2 amide bonds. The predicted octanol–water partition coefficient (Wildman–Crippen LogP) is 4.57. The van der Waals surface area contributed by atoms with Gasteiger partial charge in [-0.2, -0.15) is 18.2 Å². The SMILES string of the molecule is COc1c(CO)cc(C(F)(F)F)cc1NC(=O)N[C@H]1CC[C@H](Oc2ccnc(-c3cccnc3)n2)CC1. The Morgan fingerprint density at radius 2 is 1.95 bits per heavy atom. The third kappa shape index (κ3) is 6.64. The van der Waals surface area contributed by atoms with Crippen LogP contribution in [0.4, 0.5) is 23.7 Å². The van der Waals surface area contributed by atoms with Crippen LogP contribution in [0.5, 0.6) is 11.6 Å². The largest absolute Gasteiger partial charge is 0.494 e. The number of hydrogen-bond acceptors (Lipinski definition) is 7. The minimum absolute atomic E-state index is 0.0294. The highest BCUT2D eigenvalue weighted by molar-refractivity contribution is 5.91. The standard InChI is InChI=1S/C25H26F3N5O4/c1-36-22-16(14-34)11-17(25(26,27)28)12-20(22)32-24(35)31-18-4-6-19(7-5-18)37-21-8-10-30-23(33-21)15-3-2-9-29-13-15/h2-3,8-13,18-19,34H,4-7,14H2,1H3,(H2,31,32,35)/t18-,19-. The summed E-state index contributed by atoms with van der Waals surface area (Å²) in [6, 6.07) is 6.05. The molecule has 0 bridgehead atoms. The second-order valence-corrected chi connectivity index (χ2v) is 8.52. The van der Waals surface area contributed by atoms with E-state index in [1.54, 1.807) is 30.7 Å². The summed E-state index contributed by atoms with van der Waals surface area (Å²) in [6.07, 6.45) is 2.72. The number of carbonyl (C=O) groups excluding carboxylic acids is 1. The molecule has 1 fully saturated rings. The second kappa shape index (κ2) is 11.4. The zero-order valence-electron chi connectivity index (χ0n) is 20.0. The van der Waals surface area contributed by atoms with Gasteiger partial charge in [-0.15, -0.1) is 0 Å². The monoisotopic (exact) mass is 517 g/mol. The number of alkyl halides is 3. The fourth-order valence-electron chi connectivity index (χ4n) is 4.19. The lowest BCUT2D eigenvalue weighted by molar-refractivity contribution is -0.137. The van der Waals surface area contributed by atoms with Crippen LogP contribution in [0.2, 0.25) is 0 Å². The third-order valence-corrected chi connectivity index (χ3v) is 5.96. The van der Waals surface area contributed by atoms with Crippen molar-refractivity contribution in [2.75, 3.05) is 12.4 Å². The summed E-state index contributed by atoms with van der Waals surface area (Å²) >= 11 is 0. The summed E-state index contributed by atoms with van der Waals surface area (Å²) in [4.78, 5) is 25.3. The summed E-state index contributed by atoms with van der Waals surface area (Å²) < 4.78 is 50.9. The molecule has 1 aliphatic carbocycles. The Kier molecular flexibility index (Phi) is 8.07. The molecule has 0 atom stereocenters. The molecule has 12 heteroatoms. The third-order valence-electron chi connectivity index (χ3n) is 5.96. The summed E-state index contributed by atoms with van der Waals surface area (Å²) in [7, 11) is 1.25. The van der Waals surface area contributed by atoms with Gasteiger partial charge in [0.1, 0.15) is 11.9 Å². The maximum atomic E-state index is 13.3. The first-order valence-electron chi connectivity index (χ1n) is 11.6. The maximum Gasteiger partial charge on any atom is 0.416 e. The van der Waals surface area contributed by atoms with Crippen LogP contribution in [-0.4, -0.2) is 45.3 Å². The first-order valence-corrected chi connectivity index (χ1v) is 11.6. The van der Waals surface area contributed by atoms with E-state index in [1.165, 1.54) is 7.11 Å². The number of hydrogen-bond donors (Lipinski definition) is 3. The molecule has 0 spiro atoms. The van der Waals surface area contributed by atoms with E-state index in [2.05, 4.69) is 25.6 Å². The average Bonchev–Trinajstić information content (AvgIpc) is 2.89. The van der Waals surface area contributed by atoms with Gasteiger partial charge in [0, 0.05) is 41.8 Å². The molecule has 0 saturated heterocycles. The van der Waals surface area contributed by atoms with Gasteiger partial charge in [-0.1, -0.05) is 0 Å².